The summed E-state index contributed by atoms with van der Waals surface area (Å²) in [5.74, 6) is -0.319. The van der Waals surface area contributed by atoms with Gasteiger partial charge in [0.2, 0.25) is 0 Å². The molecule has 1 aromatic carbocycles. The second kappa shape index (κ2) is 7.04. The summed E-state index contributed by atoms with van der Waals surface area (Å²) in [6, 6.07) is 12.1. The van der Waals surface area contributed by atoms with Crippen LogP contribution in [0.1, 0.15) is 11.3 Å². The SMILES string of the molecule is C#CN/C(=C\C=C)c1c(-c2ccc(F)cc2)nc2cc(CO)ccn12. The molecule has 2 N–H and O–H groups in total. The Bertz CT molecular complexity index is 994. The van der Waals surface area contributed by atoms with Crippen LogP contribution in [-0.2, 0) is 6.61 Å². The number of allylic oxidation sites excluding steroid dienone is 2. The highest BCUT2D eigenvalue weighted by Gasteiger charge is 2.17. The number of pyridine rings is 1. The fraction of sp³-hybridized carbons (Fsp3) is 0.0500. The number of fused-ring (bicyclic) bond motifs is 1. The maximum Gasteiger partial charge on any atom is 0.138 e. The fourth-order valence-corrected chi connectivity index (χ4v) is 2.63. The first-order valence-electron chi connectivity index (χ1n) is 7.60. The van der Waals surface area contributed by atoms with E-state index in [1.807, 2.05) is 10.6 Å². The number of rotatable bonds is 5. The molecule has 2 aromatic heterocycles. The van der Waals surface area contributed by atoms with E-state index in [0.717, 1.165) is 16.8 Å². The van der Waals surface area contributed by atoms with Gasteiger partial charge in [0.1, 0.15) is 11.5 Å². The highest BCUT2D eigenvalue weighted by atomic mass is 19.1. The average molecular weight is 333 g/mol. The molecule has 3 rings (SSSR count). The Morgan fingerprint density at radius 2 is 2.12 bits per heavy atom. The van der Waals surface area contributed by atoms with E-state index in [2.05, 4.69) is 22.9 Å². The van der Waals surface area contributed by atoms with Crippen molar-refractivity contribution in [1.82, 2.24) is 14.7 Å². The molecule has 0 saturated carbocycles. The monoisotopic (exact) mass is 333 g/mol. The molecule has 0 fully saturated rings. The Morgan fingerprint density at radius 3 is 2.76 bits per heavy atom. The van der Waals surface area contributed by atoms with Crippen molar-refractivity contribution in [3.8, 4) is 23.7 Å². The third kappa shape index (κ3) is 3.16. The van der Waals surface area contributed by atoms with Crippen LogP contribution in [0.4, 0.5) is 4.39 Å². The lowest BCUT2D eigenvalue weighted by molar-refractivity contribution is 0.282. The van der Waals surface area contributed by atoms with Gasteiger partial charge in [-0.2, -0.15) is 0 Å². The third-order valence-electron chi connectivity index (χ3n) is 3.74. The number of hydrogen-bond donors (Lipinski definition) is 2. The first-order chi connectivity index (χ1) is 12.2. The van der Waals surface area contributed by atoms with Crippen LogP contribution in [0.15, 0.2) is 61.3 Å². The summed E-state index contributed by atoms with van der Waals surface area (Å²) < 4.78 is 15.1. The van der Waals surface area contributed by atoms with Gasteiger partial charge < -0.3 is 10.4 Å². The summed E-state index contributed by atoms with van der Waals surface area (Å²) in [6.45, 7) is 3.64. The second-order valence-electron chi connectivity index (χ2n) is 5.32. The van der Waals surface area contributed by atoms with Crippen molar-refractivity contribution in [1.29, 1.82) is 0 Å². The minimum absolute atomic E-state index is 0.0808. The summed E-state index contributed by atoms with van der Waals surface area (Å²) >= 11 is 0. The van der Waals surface area contributed by atoms with Gasteiger partial charge >= 0.3 is 0 Å². The van der Waals surface area contributed by atoms with Crippen molar-refractivity contribution in [2.24, 2.45) is 0 Å². The lowest BCUT2D eigenvalue weighted by atomic mass is 10.1. The van der Waals surface area contributed by atoms with E-state index in [1.165, 1.54) is 12.1 Å². The molecular weight excluding hydrogens is 317 g/mol. The van der Waals surface area contributed by atoms with Gasteiger partial charge in [-0.15, -0.1) is 0 Å². The van der Waals surface area contributed by atoms with Crippen molar-refractivity contribution in [3.63, 3.8) is 0 Å². The molecule has 3 aromatic rings. The summed E-state index contributed by atoms with van der Waals surface area (Å²) in [4.78, 5) is 4.65. The zero-order valence-electron chi connectivity index (χ0n) is 13.4. The molecule has 0 unspecified atom stereocenters. The lowest BCUT2D eigenvalue weighted by Gasteiger charge is -2.09. The van der Waals surface area contributed by atoms with Gasteiger partial charge in [0.05, 0.1) is 23.7 Å². The first kappa shape index (κ1) is 16.5. The quantitative estimate of drug-likeness (QED) is 0.428. The molecule has 4 nitrogen and oxygen atoms in total. The summed E-state index contributed by atoms with van der Waals surface area (Å²) in [5, 5.41) is 12.2. The van der Waals surface area contributed by atoms with E-state index in [-0.39, 0.29) is 12.4 Å². The minimum atomic E-state index is -0.319. The molecule has 0 spiro atoms. The van der Waals surface area contributed by atoms with Crippen molar-refractivity contribution in [2.75, 3.05) is 0 Å². The number of imidazole rings is 1. The number of aromatic nitrogens is 2. The maximum atomic E-state index is 13.3. The molecule has 0 aliphatic rings. The van der Waals surface area contributed by atoms with E-state index >= 15 is 0 Å². The lowest BCUT2D eigenvalue weighted by Crippen LogP contribution is -2.07. The number of aliphatic hydroxyl groups excluding tert-OH is 1. The van der Waals surface area contributed by atoms with Crippen molar-refractivity contribution >= 4 is 11.3 Å². The van der Waals surface area contributed by atoms with Crippen LogP contribution in [0.2, 0.25) is 0 Å². The molecule has 0 amide bonds. The first-order valence-corrected chi connectivity index (χ1v) is 7.60. The van der Waals surface area contributed by atoms with E-state index in [9.17, 15) is 9.50 Å². The molecule has 0 bridgehead atoms. The normalized spacial score (nSPS) is 11.3. The van der Waals surface area contributed by atoms with Gasteiger partial charge in [-0.3, -0.25) is 4.40 Å². The zero-order chi connectivity index (χ0) is 17.8. The van der Waals surface area contributed by atoms with Gasteiger partial charge in [-0.25, -0.2) is 9.37 Å². The number of terminal acetylenes is 1. The second-order valence-corrected chi connectivity index (χ2v) is 5.32. The summed E-state index contributed by atoms with van der Waals surface area (Å²) in [6.07, 6.45) is 10.6. The van der Waals surface area contributed by atoms with Crippen LogP contribution >= 0.6 is 0 Å². The van der Waals surface area contributed by atoms with Crippen LogP contribution in [0.5, 0.6) is 0 Å². The van der Waals surface area contributed by atoms with Gasteiger partial charge in [0, 0.05) is 17.8 Å². The van der Waals surface area contributed by atoms with E-state index in [4.69, 9.17) is 6.42 Å². The predicted octanol–water partition coefficient (Wildman–Crippen LogP) is 3.34. The topological polar surface area (TPSA) is 49.6 Å². The van der Waals surface area contributed by atoms with Crippen molar-refractivity contribution in [3.05, 3.63) is 78.4 Å². The van der Waals surface area contributed by atoms with Gasteiger partial charge in [-0.05, 0) is 48.0 Å². The van der Waals surface area contributed by atoms with Gasteiger partial charge in [0.15, 0.2) is 0 Å². The number of nitrogens with zero attached hydrogens (tertiary/aromatic N) is 2. The average Bonchev–Trinajstić information content (AvgIpc) is 3.00. The molecule has 0 aliphatic heterocycles. The van der Waals surface area contributed by atoms with Crippen LogP contribution in [0, 0.1) is 18.3 Å². The van der Waals surface area contributed by atoms with Crippen LogP contribution in [0.25, 0.3) is 22.6 Å². The van der Waals surface area contributed by atoms with Crippen LogP contribution in [0.3, 0.4) is 0 Å². The zero-order valence-corrected chi connectivity index (χ0v) is 13.4. The minimum Gasteiger partial charge on any atom is -0.392 e. The van der Waals surface area contributed by atoms with Gasteiger partial charge in [-0.1, -0.05) is 19.1 Å². The van der Waals surface area contributed by atoms with Crippen LogP contribution in [-0.4, -0.2) is 14.5 Å². The number of benzene rings is 1. The van der Waals surface area contributed by atoms with Crippen molar-refractivity contribution in [2.45, 2.75) is 6.61 Å². The molecule has 0 aliphatic carbocycles. The van der Waals surface area contributed by atoms with E-state index < -0.39 is 0 Å². The van der Waals surface area contributed by atoms with Crippen LogP contribution < -0.4 is 5.32 Å². The molecule has 2 heterocycles. The number of aliphatic hydroxyl groups is 1. The highest BCUT2D eigenvalue weighted by Crippen LogP contribution is 2.29. The number of nitrogens with one attached hydrogen (secondary N) is 1. The smallest absolute Gasteiger partial charge is 0.138 e. The summed E-state index contributed by atoms with van der Waals surface area (Å²) in [5.41, 5.74) is 4.15. The molecule has 0 saturated heterocycles. The Balaban J connectivity index is 2.32. The highest BCUT2D eigenvalue weighted by molar-refractivity contribution is 5.80. The molecule has 0 atom stereocenters. The number of hydrogen-bond acceptors (Lipinski definition) is 3. The Hall–Kier alpha value is -3.36. The Labute approximate surface area is 145 Å². The van der Waals surface area contributed by atoms with Crippen molar-refractivity contribution < 1.29 is 9.50 Å². The van der Waals surface area contributed by atoms with E-state index in [1.54, 1.807) is 36.4 Å². The molecule has 124 valence electrons. The third-order valence-corrected chi connectivity index (χ3v) is 3.74. The fourth-order valence-electron chi connectivity index (χ4n) is 2.63. The predicted molar refractivity (Wildman–Crippen MR) is 96.7 cm³/mol. The standard InChI is InChI=1S/C20H16FN3O/c1-3-5-17(22-4-2)20-19(15-6-8-16(21)9-7-15)23-18-12-14(13-25)10-11-24(18)20/h2-3,5-12,22,25H,1,13H2/b17-5-. The maximum absolute atomic E-state index is 13.3. The van der Waals surface area contributed by atoms with E-state index in [0.29, 0.717) is 17.0 Å². The molecule has 25 heavy (non-hydrogen) atoms. The molecule has 0 radical (unpaired) electrons. The Morgan fingerprint density at radius 1 is 1.36 bits per heavy atom. The number of halogens is 1. The summed E-state index contributed by atoms with van der Waals surface area (Å²) in [7, 11) is 0. The molecule has 5 heteroatoms. The van der Waals surface area contributed by atoms with Gasteiger partial charge in [0.25, 0.3) is 0 Å². The molecular formula is C20H16FN3O. The Kier molecular flexibility index (Phi) is 4.64. The largest absolute Gasteiger partial charge is 0.392 e.